The van der Waals surface area contributed by atoms with Crippen molar-refractivity contribution in [2.45, 2.75) is 38.5 Å². The van der Waals surface area contributed by atoms with Gasteiger partial charge in [0, 0.05) is 15.4 Å². The third-order valence-corrected chi connectivity index (χ3v) is 4.54. The first-order valence-electron chi connectivity index (χ1n) is 5.95. The van der Waals surface area contributed by atoms with Gasteiger partial charge in [-0.3, -0.25) is 0 Å². The van der Waals surface area contributed by atoms with Crippen molar-refractivity contribution in [1.29, 1.82) is 5.26 Å². The first-order valence-corrected chi connectivity index (χ1v) is 7.54. The maximum absolute atomic E-state index is 9.01. The summed E-state index contributed by atoms with van der Waals surface area (Å²) in [5, 5.41) is 9.01. The molecule has 0 aliphatic heterocycles. The zero-order valence-electron chi connectivity index (χ0n) is 9.68. The third kappa shape index (κ3) is 3.33. The minimum Gasteiger partial charge on any atom is -0.198 e. The summed E-state index contributed by atoms with van der Waals surface area (Å²) in [6, 6.07) is 8.76. The average Bonchev–Trinajstić information content (AvgIpc) is 2.65. The molecule has 3 heteroatoms. The number of benzene rings is 1. The summed E-state index contributed by atoms with van der Waals surface area (Å²) in [5.41, 5.74) is 1.55. The molecule has 0 radical (unpaired) electrons. The molecule has 0 spiro atoms. The minimum atomic E-state index is 0.231. The number of rotatable bonds is 3. The summed E-state index contributed by atoms with van der Waals surface area (Å²) in [6.45, 7) is 0. The van der Waals surface area contributed by atoms with E-state index in [1.807, 2.05) is 0 Å². The Labute approximate surface area is 119 Å². The highest BCUT2D eigenvalue weighted by atomic mass is 79.9. The standard InChI is InChI=1S/C14H15Br2N/c15-12-7-11(8-13(16)9-12)10-14(5-6-17)3-1-2-4-14/h7-9H,1-5,10H2. The molecule has 0 atom stereocenters. The molecule has 0 aromatic heterocycles. The van der Waals surface area contributed by atoms with Crippen molar-refractivity contribution < 1.29 is 0 Å². The van der Waals surface area contributed by atoms with Crippen LogP contribution in [0.4, 0.5) is 0 Å². The van der Waals surface area contributed by atoms with E-state index in [1.54, 1.807) is 0 Å². The van der Waals surface area contributed by atoms with Crippen molar-refractivity contribution >= 4 is 31.9 Å². The average molecular weight is 357 g/mol. The lowest BCUT2D eigenvalue weighted by atomic mass is 9.78. The van der Waals surface area contributed by atoms with E-state index in [9.17, 15) is 0 Å². The molecule has 2 rings (SSSR count). The van der Waals surface area contributed by atoms with Gasteiger partial charge in [-0.2, -0.15) is 5.26 Å². The second-order valence-electron chi connectivity index (χ2n) is 5.00. The van der Waals surface area contributed by atoms with E-state index in [0.717, 1.165) is 15.4 Å². The molecule has 1 aromatic carbocycles. The molecule has 1 aliphatic rings. The fraction of sp³-hybridized carbons (Fsp3) is 0.500. The van der Waals surface area contributed by atoms with Gasteiger partial charge in [-0.25, -0.2) is 0 Å². The molecule has 0 heterocycles. The van der Waals surface area contributed by atoms with Crippen molar-refractivity contribution in [3.8, 4) is 6.07 Å². The Balaban J connectivity index is 2.20. The zero-order chi connectivity index (χ0) is 12.3. The first kappa shape index (κ1) is 13.1. The molecule has 0 N–H and O–H groups in total. The summed E-state index contributed by atoms with van der Waals surface area (Å²) < 4.78 is 2.21. The molecule has 90 valence electrons. The zero-order valence-corrected chi connectivity index (χ0v) is 12.8. The fourth-order valence-electron chi connectivity index (χ4n) is 2.85. The van der Waals surface area contributed by atoms with Crippen LogP contribution in [0.5, 0.6) is 0 Å². The number of nitriles is 1. The lowest BCUT2D eigenvalue weighted by molar-refractivity contribution is 0.302. The van der Waals surface area contributed by atoms with Crippen molar-refractivity contribution in [3.63, 3.8) is 0 Å². The third-order valence-electron chi connectivity index (χ3n) is 3.62. The second kappa shape index (κ2) is 5.54. The summed E-state index contributed by atoms with van der Waals surface area (Å²) in [7, 11) is 0. The van der Waals surface area contributed by atoms with E-state index < -0.39 is 0 Å². The molecule has 1 aromatic rings. The Morgan fingerprint density at radius 1 is 1.12 bits per heavy atom. The monoisotopic (exact) mass is 355 g/mol. The van der Waals surface area contributed by atoms with E-state index in [2.05, 4.69) is 56.1 Å². The van der Waals surface area contributed by atoms with E-state index in [4.69, 9.17) is 5.26 Å². The Kier molecular flexibility index (Phi) is 4.27. The van der Waals surface area contributed by atoms with Crippen molar-refractivity contribution in [2.24, 2.45) is 5.41 Å². The van der Waals surface area contributed by atoms with E-state index in [-0.39, 0.29) is 5.41 Å². The first-order chi connectivity index (χ1) is 8.13. The summed E-state index contributed by atoms with van der Waals surface area (Å²) in [6.07, 6.45) is 6.67. The molecule has 1 saturated carbocycles. The maximum Gasteiger partial charge on any atom is 0.0627 e. The van der Waals surface area contributed by atoms with Crippen LogP contribution in [0.2, 0.25) is 0 Å². The van der Waals surface area contributed by atoms with Crippen LogP contribution in [-0.2, 0) is 6.42 Å². The summed E-state index contributed by atoms with van der Waals surface area (Å²) in [5.74, 6) is 0. The van der Waals surface area contributed by atoms with Gasteiger partial charge < -0.3 is 0 Å². The van der Waals surface area contributed by atoms with Gasteiger partial charge in [0.15, 0.2) is 0 Å². The molecule has 1 aliphatic carbocycles. The van der Waals surface area contributed by atoms with Crippen molar-refractivity contribution in [3.05, 3.63) is 32.7 Å². The normalized spacial score (nSPS) is 17.9. The topological polar surface area (TPSA) is 23.8 Å². The molecular formula is C14H15Br2N. The van der Waals surface area contributed by atoms with Crippen LogP contribution in [0.3, 0.4) is 0 Å². The largest absolute Gasteiger partial charge is 0.198 e. The SMILES string of the molecule is N#CCC1(Cc2cc(Br)cc(Br)c2)CCCC1. The van der Waals surface area contributed by atoms with E-state index in [1.165, 1.54) is 31.2 Å². The Morgan fingerprint density at radius 3 is 2.24 bits per heavy atom. The lowest BCUT2D eigenvalue weighted by Gasteiger charge is -2.26. The predicted octanol–water partition coefficient (Wildman–Crippen LogP) is 5.23. The molecule has 0 bridgehead atoms. The molecule has 0 unspecified atom stereocenters. The number of hydrogen-bond acceptors (Lipinski definition) is 1. The van der Waals surface area contributed by atoms with Crippen LogP contribution in [0.15, 0.2) is 27.1 Å². The van der Waals surface area contributed by atoms with Crippen LogP contribution in [0, 0.1) is 16.7 Å². The van der Waals surface area contributed by atoms with Crippen LogP contribution in [0.25, 0.3) is 0 Å². The minimum absolute atomic E-state index is 0.231. The fourth-order valence-corrected chi connectivity index (χ4v) is 4.24. The highest BCUT2D eigenvalue weighted by molar-refractivity contribution is 9.11. The molecule has 0 saturated heterocycles. The van der Waals surface area contributed by atoms with Gasteiger partial charge in [0.2, 0.25) is 0 Å². The molecular weight excluding hydrogens is 342 g/mol. The van der Waals surface area contributed by atoms with Crippen molar-refractivity contribution in [1.82, 2.24) is 0 Å². The van der Waals surface area contributed by atoms with Gasteiger partial charge in [0.1, 0.15) is 0 Å². The van der Waals surface area contributed by atoms with Gasteiger partial charge in [-0.1, -0.05) is 44.7 Å². The Hall–Kier alpha value is -0.330. The van der Waals surface area contributed by atoms with Gasteiger partial charge in [-0.05, 0) is 48.4 Å². The maximum atomic E-state index is 9.01. The van der Waals surface area contributed by atoms with Gasteiger partial charge in [0.05, 0.1) is 6.07 Å². The van der Waals surface area contributed by atoms with Crippen molar-refractivity contribution in [2.75, 3.05) is 0 Å². The van der Waals surface area contributed by atoms with Gasteiger partial charge in [0.25, 0.3) is 0 Å². The summed E-state index contributed by atoms with van der Waals surface area (Å²) in [4.78, 5) is 0. The number of halogens is 2. The van der Waals surface area contributed by atoms with E-state index in [0.29, 0.717) is 6.42 Å². The highest BCUT2D eigenvalue weighted by Crippen LogP contribution is 2.44. The molecule has 0 amide bonds. The van der Waals surface area contributed by atoms with Gasteiger partial charge >= 0.3 is 0 Å². The highest BCUT2D eigenvalue weighted by Gasteiger charge is 2.33. The number of nitrogens with zero attached hydrogens (tertiary/aromatic N) is 1. The number of hydrogen-bond donors (Lipinski definition) is 0. The van der Waals surface area contributed by atoms with Gasteiger partial charge in [-0.15, -0.1) is 0 Å². The second-order valence-corrected chi connectivity index (χ2v) is 6.83. The molecule has 17 heavy (non-hydrogen) atoms. The van der Waals surface area contributed by atoms with E-state index >= 15 is 0 Å². The smallest absolute Gasteiger partial charge is 0.0627 e. The summed E-state index contributed by atoms with van der Waals surface area (Å²) >= 11 is 7.05. The Morgan fingerprint density at radius 2 is 1.71 bits per heavy atom. The lowest BCUT2D eigenvalue weighted by Crippen LogP contribution is -2.19. The quantitative estimate of drug-likeness (QED) is 0.727. The predicted molar refractivity (Wildman–Crippen MR) is 76.7 cm³/mol. The molecule has 1 fully saturated rings. The van der Waals surface area contributed by atoms with Crippen LogP contribution in [0.1, 0.15) is 37.7 Å². The van der Waals surface area contributed by atoms with Crippen LogP contribution in [-0.4, -0.2) is 0 Å². The van der Waals surface area contributed by atoms with Crippen LogP contribution >= 0.6 is 31.9 Å². The molecule has 1 nitrogen and oxygen atoms in total. The Bertz CT molecular complexity index is 422. The van der Waals surface area contributed by atoms with Crippen LogP contribution < -0.4 is 0 Å².